The Kier molecular flexibility index (Phi) is 3.64. The second-order valence-corrected chi connectivity index (χ2v) is 2.98. The van der Waals surface area contributed by atoms with Crippen LogP contribution in [0.25, 0.3) is 0 Å². The number of aliphatic carboxylic acids is 1. The molecule has 78 valence electrons. The molecule has 0 bridgehead atoms. The van der Waals surface area contributed by atoms with E-state index >= 15 is 0 Å². The predicted molar refractivity (Wildman–Crippen MR) is 48.8 cm³/mol. The number of hydrogen-bond acceptors (Lipinski definition) is 3. The minimum Gasteiger partial charge on any atom is -0.479 e. The maximum Gasteiger partial charge on any atom is 0.334 e. The van der Waals surface area contributed by atoms with Gasteiger partial charge in [0.15, 0.2) is 6.10 Å². The van der Waals surface area contributed by atoms with Gasteiger partial charge in [-0.15, -0.1) is 0 Å². The van der Waals surface area contributed by atoms with Gasteiger partial charge in [-0.1, -0.05) is 6.08 Å². The fraction of sp³-hybridized carbons (Fsp3) is 0.556. The Bertz CT molecular complexity index is 262. The number of morpholine rings is 1. The lowest BCUT2D eigenvalue weighted by Gasteiger charge is -2.29. The van der Waals surface area contributed by atoms with Crippen LogP contribution in [-0.4, -0.2) is 47.7 Å². The van der Waals surface area contributed by atoms with Gasteiger partial charge < -0.3 is 14.7 Å². The number of carbonyl (C=O) groups is 2. The smallest absolute Gasteiger partial charge is 0.334 e. The van der Waals surface area contributed by atoms with Gasteiger partial charge in [-0.2, -0.15) is 0 Å². The summed E-state index contributed by atoms with van der Waals surface area (Å²) in [6.45, 7) is 2.60. The number of hydrogen-bond donors (Lipinski definition) is 1. The summed E-state index contributed by atoms with van der Waals surface area (Å²) in [5.74, 6) is -1.19. The van der Waals surface area contributed by atoms with Crippen LogP contribution in [0, 0.1) is 0 Å². The minimum absolute atomic E-state index is 0.124. The van der Waals surface area contributed by atoms with Crippen molar-refractivity contribution >= 4 is 11.9 Å². The van der Waals surface area contributed by atoms with Crippen LogP contribution >= 0.6 is 0 Å². The quantitative estimate of drug-likeness (QED) is 0.629. The van der Waals surface area contributed by atoms with E-state index < -0.39 is 12.1 Å². The van der Waals surface area contributed by atoms with Gasteiger partial charge >= 0.3 is 5.97 Å². The first-order valence-electron chi connectivity index (χ1n) is 4.41. The molecular formula is C9H13NO4. The van der Waals surface area contributed by atoms with Crippen molar-refractivity contribution in [3.05, 3.63) is 12.2 Å². The van der Waals surface area contributed by atoms with E-state index in [9.17, 15) is 9.59 Å². The minimum atomic E-state index is -1.03. The van der Waals surface area contributed by atoms with Gasteiger partial charge in [0.25, 0.3) is 0 Å². The largest absolute Gasteiger partial charge is 0.479 e. The summed E-state index contributed by atoms with van der Waals surface area (Å²) in [6.07, 6.45) is 2.16. The Hall–Kier alpha value is -1.36. The van der Waals surface area contributed by atoms with Gasteiger partial charge in [0.2, 0.25) is 5.91 Å². The van der Waals surface area contributed by atoms with E-state index in [4.69, 9.17) is 9.84 Å². The highest BCUT2D eigenvalue weighted by atomic mass is 16.5. The molecule has 1 amide bonds. The molecule has 1 heterocycles. The number of rotatable bonds is 2. The number of amides is 1. The highest BCUT2D eigenvalue weighted by Crippen LogP contribution is 2.05. The molecule has 0 spiro atoms. The van der Waals surface area contributed by atoms with Crippen molar-refractivity contribution in [2.24, 2.45) is 0 Å². The molecule has 1 N–H and O–H groups in total. The van der Waals surface area contributed by atoms with Crippen LogP contribution in [0.4, 0.5) is 0 Å². The van der Waals surface area contributed by atoms with Gasteiger partial charge in [0.1, 0.15) is 0 Å². The summed E-state index contributed by atoms with van der Waals surface area (Å²) < 4.78 is 4.98. The number of ether oxygens (including phenoxy) is 1. The zero-order valence-electron chi connectivity index (χ0n) is 7.97. The van der Waals surface area contributed by atoms with Crippen LogP contribution < -0.4 is 0 Å². The molecule has 0 aromatic carbocycles. The van der Waals surface area contributed by atoms with Crippen LogP contribution in [-0.2, 0) is 14.3 Å². The SMILES string of the molecule is C/C=C/C(=O)N1CCOC(C(=O)O)C1. The lowest BCUT2D eigenvalue weighted by molar-refractivity contribution is -0.158. The van der Waals surface area contributed by atoms with Gasteiger partial charge in [0.05, 0.1) is 13.2 Å². The van der Waals surface area contributed by atoms with Crippen molar-refractivity contribution in [1.29, 1.82) is 0 Å². The fourth-order valence-electron chi connectivity index (χ4n) is 1.25. The van der Waals surface area contributed by atoms with E-state index in [-0.39, 0.29) is 19.1 Å². The molecule has 1 rings (SSSR count). The molecule has 0 aromatic rings. The molecule has 5 nitrogen and oxygen atoms in total. The van der Waals surface area contributed by atoms with Crippen molar-refractivity contribution in [2.75, 3.05) is 19.7 Å². The zero-order chi connectivity index (χ0) is 10.6. The molecule has 1 atom stereocenters. The number of allylic oxidation sites excluding steroid dienone is 1. The average molecular weight is 199 g/mol. The van der Waals surface area contributed by atoms with Crippen molar-refractivity contribution in [3.63, 3.8) is 0 Å². The summed E-state index contributed by atoms with van der Waals surface area (Å²) in [7, 11) is 0. The second-order valence-electron chi connectivity index (χ2n) is 2.98. The first-order valence-corrected chi connectivity index (χ1v) is 4.41. The molecule has 1 aliphatic heterocycles. The molecule has 1 unspecified atom stereocenters. The second kappa shape index (κ2) is 4.76. The van der Waals surface area contributed by atoms with Gasteiger partial charge in [0, 0.05) is 6.54 Å². The Morgan fingerprint density at radius 2 is 2.29 bits per heavy atom. The monoisotopic (exact) mass is 199 g/mol. The molecule has 0 radical (unpaired) electrons. The third-order valence-electron chi connectivity index (χ3n) is 1.96. The molecule has 5 heteroatoms. The van der Waals surface area contributed by atoms with Crippen LogP contribution in [0.3, 0.4) is 0 Å². The summed E-state index contributed by atoms with van der Waals surface area (Å²) in [5.41, 5.74) is 0. The fourth-order valence-corrected chi connectivity index (χ4v) is 1.25. The van der Waals surface area contributed by atoms with Gasteiger partial charge in [-0.3, -0.25) is 4.79 Å². The Morgan fingerprint density at radius 1 is 1.57 bits per heavy atom. The lowest BCUT2D eigenvalue weighted by atomic mass is 10.2. The number of carboxylic acids is 1. The topological polar surface area (TPSA) is 66.8 Å². The van der Waals surface area contributed by atoms with Crippen LogP contribution in [0.5, 0.6) is 0 Å². The summed E-state index contributed by atoms with van der Waals surface area (Å²) in [5, 5.41) is 8.69. The summed E-state index contributed by atoms with van der Waals surface area (Å²) in [6, 6.07) is 0. The van der Waals surface area contributed by atoms with E-state index in [2.05, 4.69) is 0 Å². The Labute approximate surface area is 82.0 Å². The summed E-state index contributed by atoms with van der Waals surface area (Å²) in [4.78, 5) is 23.4. The van der Waals surface area contributed by atoms with E-state index in [1.807, 2.05) is 0 Å². The maximum absolute atomic E-state index is 11.4. The number of nitrogens with zero attached hydrogens (tertiary/aromatic N) is 1. The highest BCUT2D eigenvalue weighted by Gasteiger charge is 2.27. The molecule has 1 fully saturated rings. The Balaban J connectivity index is 2.55. The first kappa shape index (κ1) is 10.7. The van der Waals surface area contributed by atoms with Gasteiger partial charge in [-0.25, -0.2) is 4.79 Å². The maximum atomic E-state index is 11.4. The van der Waals surface area contributed by atoms with Crippen molar-refractivity contribution in [1.82, 2.24) is 4.90 Å². The van der Waals surface area contributed by atoms with Crippen LogP contribution in [0.1, 0.15) is 6.92 Å². The van der Waals surface area contributed by atoms with Crippen molar-refractivity contribution in [3.8, 4) is 0 Å². The first-order chi connectivity index (χ1) is 6.65. The Morgan fingerprint density at radius 3 is 2.86 bits per heavy atom. The molecule has 0 aliphatic carbocycles. The van der Waals surface area contributed by atoms with Crippen LogP contribution in [0.15, 0.2) is 12.2 Å². The highest BCUT2D eigenvalue weighted by molar-refractivity contribution is 5.88. The van der Waals surface area contributed by atoms with Crippen molar-refractivity contribution in [2.45, 2.75) is 13.0 Å². The van der Waals surface area contributed by atoms with E-state index in [0.717, 1.165) is 0 Å². The third kappa shape index (κ3) is 2.56. The number of carbonyl (C=O) groups excluding carboxylic acids is 1. The summed E-state index contributed by atoms with van der Waals surface area (Å²) >= 11 is 0. The molecule has 0 saturated carbocycles. The van der Waals surface area contributed by atoms with E-state index in [1.165, 1.54) is 11.0 Å². The van der Waals surface area contributed by atoms with Crippen LogP contribution in [0.2, 0.25) is 0 Å². The average Bonchev–Trinajstić information content (AvgIpc) is 2.18. The lowest BCUT2D eigenvalue weighted by Crippen LogP contribution is -2.48. The van der Waals surface area contributed by atoms with E-state index in [0.29, 0.717) is 6.54 Å². The standard InChI is InChI=1S/C9H13NO4/c1-2-3-8(11)10-4-5-14-7(6-10)9(12)13/h2-3,7H,4-6H2,1H3,(H,12,13)/b3-2+. The van der Waals surface area contributed by atoms with E-state index in [1.54, 1.807) is 13.0 Å². The molecule has 0 aromatic heterocycles. The molecule has 14 heavy (non-hydrogen) atoms. The third-order valence-corrected chi connectivity index (χ3v) is 1.96. The zero-order valence-corrected chi connectivity index (χ0v) is 7.97. The normalized spacial score (nSPS) is 22.6. The van der Waals surface area contributed by atoms with Crippen molar-refractivity contribution < 1.29 is 19.4 Å². The molecular weight excluding hydrogens is 186 g/mol. The molecule has 1 saturated heterocycles. The van der Waals surface area contributed by atoms with Gasteiger partial charge in [-0.05, 0) is 13.0 Å². The predicted octanol–water partition coefficient (Wildman–Crippen LogP) is -0.126. The number of carboxylic acid groups (broad SMARTS) is 1. The molecule has 1 aliphatic rings.